The molecule has 0 heterocycles. The molecule has 0 saturated carbocycles. The number of hydrogen-bond acceptors (Lipinski definition) is 3. The second-order valence-electron chi connectivity index (χ2n) is 7.94. The van der Waals surface area contributed by atoms with E-state index in [4.69, 9.17) is 9.47 Å². The van der Waals surface area contributed by atoms with Crippen molar-refractivity contribution in [1.29, 1.82) is 0 Å². The molecule has 0 aromatic heterocycles. The highest BCUT2D eigenvalue weighted by atomic mass is 16.5. The molecule has 0 saturated heterocycles. The van der Waals surface area contributed by atoms with Crippen LogP contribution in [-0.4, -0.2) is 25.2 Å². The molecular weight excluding hydrogens is 338 g/mol. The van der Waals surface area contributed by atoms with Gasteiger partial charge in [-0.1, -0.05) is 52.0 Å². The van der Waals surface area contributed by atoms with Crippen molar-refractivity contribution >= 4 is 22.4 Å². The van der Waals surface area contributed by atoms with Crippen molar-refractivity contribution in [2.75, 3.05) is 19.0 Å². The molecule has 0 unspecified atom stereocenters. The van der Waals surface area contributed by atoms with Crippen LogP contribution in [0.3, 0.4) is 0 Å². The smallest absolute Gasteiger partial charge is 0.256 e. The van der Waals surface area contributed by atoms with Gasteiger partial charge in [0, 0.05) is 23.6 Å². The molecule has 0 aliphatic rings. The fraction of sp³-hybridized carbons (Fsp3) is 0.522. The first-order chi connectivity index (χ1) is 12.8. The van der Waals surface area contributed by atoms with E-state index in [-0.39, 0.29) is 5.91 Å². The lowest BCUT2D eigenvalue weighted by Gasteiger charge is -2.34. The van der Waals surface area contributed by atoms with Gasteiger partial charge in [0.25, 0.3) is 5.91 Å². The molecule has 0 spiro atoms. The molecule has 0 fully saturated rings. The first-order valence-electron chi connectivity index (χ1n) is 9.84. The molecule has 4 heteroatoms. The molecule has 1 N–H and O–H groups in total. The van der Waals surface area contributed by atoms with Crippen molar-refractivity contribution in [1.82, 2.24) is 0 Å². The van der Waals surface area contributed by atoms with Crippen LogP contribution in [-0.2, 0) is 9.53 Å². The second-order valence-corrected chi connectivity index (χ2v) is 7.94. The van der Waals surface area contributed by atoms with Crippen molar-refractivity contribution in [3.63, 3.8) is 0 Å². The van der Waals surface area contributed by atoms with Gasteiger partial charge in [-0.3, -0.25) is 4.79 Å². The first-order valence-corrected chi connectivity index (χ1v) is 9.84. The highest BCUT2D eigenvalue weighted by Gasteiger charge is 2.39. The molecule has 2 aromatic carbocycles. The summed E-state index contributed by atoms with van der Waals surface area (Å²) in [6, 6.07) is 11.8. The van der Waals surface area contributed by atoms with Crippen LogP contribution >= 0.6 is 0 Å². The first kappa shape index (κ1) is 21.2. The standard InChI is InChI=1S/C23H33NO3/c1-7-27-21-13-12-20(18-10-8-9-11-19(18)21)24-22(25)23(26-6,14-16(2)3)15-17(4)5/h8-13,16-17H,7,14-15H2,1-6H3,(H,24,25). The molecule has 0 aliphatic heterocycles. The minimum atomic E-state index is -0.831. The van der Waals surface area contributed by atoms with Gasteiger partial charge in [-0.15, -0.1) is 0 Å². The van der Waals surface area contributed by atoms with Crippen LogP contribution in [0.15, 0.2) is 36.4 Å². The number of benzene rings is 2. The number of carbonyl (C=O) groups excluding carboxylic acids is 1. The van der Waals surface area contributed by atoms with Gasteiger partial charge >= 0.3 is 0 Å². The van der Waals surface area contributed by atoms with E-state index in [0.717, 1.165) is 22.2 Å². The number of nitrogens with one attached hydrogen (secondary N) is 1. The van der Waals surface area contributed by atoms with Gasteiger partial charge in [0.1, 0.15) is 11.4 Å². The Kier molecular flexibility index (Phi) is 7.25. The summed E-state index contributed by atoms with van der Waals surface area (Å²) in [6.07, 6.45) is 1.37. The second kappa shape index (κ2) is 9.23. The van der Waals surface area contributed by atoms with Crippen LogP contribution in [0.5, 0.6) is 5.75 Å². The van der Waals surface area contributed by atoms with Crippen molar-refractivity contribution in [3.05, 3.63) is 36.4 Å². The van der Waals surface area contributed by atoms with E-state index < -0.39 is 5.60 Å². The Morgan fingerprint density at radius 2 is 1.59 bits per heavy atom. The summed E-state index contributed by atoms with van der Waals surface area (Å²) >= 11 is 0. The molecule has 1 amide bonds. The van der Waals surface area contributed by atoms with E-state index >= 15 is 0 Å². The maximum atomic E-state index is 13.3. The summed E-state index contributed by atoms with van der Waals surface area (Å²) in [5.41, 5.74) is -0.0461. The molecule has 0 radical (unpaired) electrons. The molecule has 0 bridgehead atoms. The number of anilines is 1. The van der Waals surface area contributed by atoms with Crippen LogP contribution in [0, 0.1) is 11.8 Å². The molecule has 2 aromatic rings. The zero-order valence-electron chi connectivity index (χ0n) is 17.5. The van der Waals surface area contributed by atoms with Gasteiger partial charge in [-0.25, -0.2) is 0 Å². The zero-order valence-corrected chi connectivity index (χ0v) is 17.5. The lowest BCUT2D eigenvalue weighted by molar-refractivity contribution is -0.142. The van der Waals surface area contributed by atoms with Crippen molar-refractivity contribution in [2.45, 2.75) is 53.1 Å². The normalized spacial score (nSPS) is 12.0. The molecule has 0 atom stereocenters. The third-order valence-corrected chi connectivity index (χ3v) is 4.71. The average Bonchev–Trinajstić information content (AvgIpc) is 2.62. The molecule has 0 aliphatic carbocycles. The monoisotopic (exact) mass is 371 g/mol. The Morgan fingerprint density at radius 1 is 1.00 bits per heavy atom. The van der Waals surface area contributed by atoms with Crippen molar-refractivity contribution in [2.24, 2.45) is 11.8 Å². The quantitative estimate of drug-likeness (QED) is 0.619. The molecule has 4 nitrogen and oxygen atoms in total. The maximum absolute atomic E-state index is 13.3. The van der Waals surface area contributed by atoms with Gasteiger partial charge in [-0.2, -0.15) is 0 Å². The SMILES string of the molecule is CCOc1ccc(NC(=O)C(CC(C)C)(CC(C)C)OC)c2ccccc12. The lowest BCUT2D eigenvalue weighted by Crippen LogP contribution is -2.47. The number of carbonyl (C=O) groups is 1. The Labute approximate surface area is 163 Å². The Balaban J connectivity index is 2.41. The van der Waals surface area contributed by atoms with Crippen LogP contribution in [0.4, 0.5) is 5.69 Å². The minimum Gasteiger partial charge on any atom is -0.493 e. The van der Waals surface area contributed by atoms with E-state index in [1.165, 1.54) is 0 Å². The predicted molar refractivity (Wildman–Crippen MR) is 112 cm³/mol. The van der Waals surface area contributed by atoms with E-state index in [2.05, 4.69) is 33.0 Å². The average molecular weight is 372 g/mol. The van der Waals surface area contributed by atoms with E-state index in [9.17, 15) is 4.79 Å². The lowest BCUT2D eigenvalue weighted by atomic mass is 9.84. The van der Waals surface area contributed by atoms with Crippen LogP contribution in [0.25, 0.3) is 10.8 Å². The number of hydrogen-bond donors (Lipinski definition) is 1. The maximum Gasteiger partial charge on any atom is 0.256 e. The van der Waals surface area contributed by atoms with Crippen LogP contribution < -0.4 is 10.1 Å². The van der Waals surface area contributed by atoms with Gasteiger partial charge in [-0.05, 0) is 43.7 Å². The summed E-state index contributed by atoms with van der Waals surface area (Å²) in [6.45, 7) is 11.0. The number of ether oxygens (including phenoxy) is 2. The summed E-state index contributed by atoms with van der Waals surface area (Å²) in [7, 11) is 1.64. The molecule has 27 heavy (non-hydrogen) atoms. The topological polar surface area (TPSA) is 47.6 Å². The van der Waals surface area contributed by atoms with Crippen molar-refractivity contribution < 1.29 is 14.3 Å². The fourth-order valence-corrected chi connectivity index (χ4v) is 3.75. The van der Waals surface area contributed by atoms with Gasteiger partial charge in [0.2, 0.25) is 0 Å². The van der Waals surface area contributed by atoms with Crippen LogP contribution in [0.2, 0.25) is 0 Å². The minimum absolute atomic E-state index is 0.0817. The van der Waals surface area contributed by atoms with Gasteiger partial charge in [0.05, 0.1) is 6.61 Å². The highest BCUT2D eigenvalue weighted by Crippen LogP contribution is 2.34. The van der Waals surface area contributed by atoms with E-state index in [0.29, 0.717) is 31.3 Å². The fourth-order valence-electron chi connectivity index (χ4n) is 3.75. The number of methoxy groups -OCH3 is 1. The molecule has 2 rings (SSSR count). The zero-order chi connectivity index (χ0) is 20.0. The summed E-state index contributed by atoms with van der Waals surface area (Å²) in [5, 5.41) is 5.10. The Morgan fingerprint density at radius 3 is 2.11 bits per heavy atom. The van der Waals surface area contributed by atoms with Gasteiger partial charge in [0.15, 0.2) is 0 Å². The van der Waals surface area contributed by atoms with Crippen molar-refractivity contribution in [3.8, 4) is 5.75 Å². The van der Waals surface area contributed by atoms with E-state index in [1.54, 1.807) is 7.11 Å². The largest absolute Gasteiger partial charge is 0.493 e. The third kappa shape index (κ3) is 5.01. The van der Waals surface area contributed by atoms with Crippen LogP contribution in [0.1, 0.15) is 47.5 Å². The summed E-state index contributed by atoms with van der Waals surface area (Å²) < 4.78 is 11.6. The number of rotatable bonds is 9. The molecular formula is C23H33NO3. The van der Waals surface area contributed by atoms with Gasteiger partial charge < -0.3 is 14.8 Å². The molecule has 148 valence electrons. The Bertz CT molecular complexity index is 757. The highest BCUT2D eigenvalue weighted by molar-refractivity contribution is 6.06. The van der Waals surface area contributed by atoms with E-state index in [1.807, 2.05) is 43.3 Å². The number of fused-ring (bicyclic) bond motifs is 1. The third-order valence-electron chi connectivity index (χ3n) is 4.71. The predicted octanol–water partition coefficient (Wildman–Crippen LogP) is 5.65. The number of amides is 1. The summed E-state index contributed by atoms with van der Waals surface area (Å²) in [4.78, 5) is 13.3. The Hall–Kier alpha value is -2.07. The summed E-state index contributed by atoms with van der Waals surface area (Å²) in [5.74, 6) is 1.45.